The molecule has 1 aromatic heterocycles. The van der Waals surface area contributed by atoms with Gasteiger partial charge in [0.05, 0.1) is 29.6 Å². The van der Waals surface area contributed by atoms with Crippen molar-refractivity contribution < 1.29 is 18.6 Å². The number of aliphatic hydroxyl groups is 2. The molecular weight excluding hydrogens is 354 g/mol. The monoisotopic (exact) mass is 371 g/mol. The lowest BCUT2D eigenvalue weighted by Crippen LogP contribution is -2.31. The maximum absolute atomic E-state index is 12.9. The molecule has 3 rings (SSSR count). The average Bonchev–Trinajstić information content (AvgIpc) is 2.85. The smallest absolute Gasteiger partial charge is 0.244 e. The topological polar surface area (TPSA) is 95.7 Å². The van der Waals surface area contributed by atoms with Gasteiger partial charge in [-0.1, -0.05) is 23.7 Å². The summed E-state index contributed by atoms with van der Waals surface area (Å²) in [5.74, 6) is 0. The minimum Gasteiger partial charge on any atom is -0.393 e. The van der Waals surface area contributed by atoms with E-state index in [2.05, 4.69) is 5.10 Å². The number of hydrogen-bond donors (Lipinski definition) is 2. The Morgan fingerprint density at radius 2 is 2.04 bits per heavy atom. The van der Waals surface area contributed by atoms with E-state index in [9.17, 15) is 13.5 Å². The number of benzene rings is 1. The van der Waals surface area contributed by atoms with Gasteiger partial charge < -0.3 is 10.2 Å². The molecule has 1 aromatic carbocycles. The third-order valence-electron chi connectivity index (χ3n) is 3.97. The second-order valence-corrected chi connectivity index (χ2v) is 7.92. The SMILES string of the molecule is O=S(=O)(c1ccccc1Cl)N1CCCn2nc(C(O)CO)cc2C1. The molecule has 0 bridgehead atoms. The van der Waals surface area contributed by atoms with Crippen molar-refractivity contribution in [3.05, 3.63) is 46.7 Å². The van der Waals surface area contributed by atoms with E-state index in [0.29, 0.717) is 30.9 Å². The third-order valence-corrected chi connectivity index (χ3v) is 6.31. The molecule has 1 atom stereocenters. The first-order chi connectivity index (χ1) is 11.4. The summed E-state index contributed by atoms with van der Waals surface area (Å²) in [6.45, 7) is 0.605. The highest BCUT2D eigenvalue weighted by atomic mass is 35.5. The third kappa shape index (κ3) is 3.20. The Hall–Kier alpha value is -1.45. The van der Waals surface area contributed by atoms with Gasteiger partial charge in [0.25, 0.3) is 0 Å². The van der Waals surface area contributed by atoms with Crippen molar-refractivity contribution >= 4 is 21.6 Å². The van der Waals surface area contributed by atoms with E-state index in [1.165, 1.54) is 10.4 Å². The predicted molar refractivity (Wildman–Crippen MR) is 87.9 cm³/mol. The fourth-order valence-electron chi connectivity index (χ4n) is 2.71. The van der Waals surface area contributed by atoms with Gasteiger partial charge in [-0.05, 0) is 24.6 Å². The fourth-order valence-corrected chi connectivity index (χ4v) is 4.65. The quantitative estimate of drug-likeness (QED) is 0.840. The Kier molecular flexibility index (Phi) is 4.93. The molecule has 0 saturated heterocycles. The lowest BCUT2D eigenvalue weighted by atomic mass is 10.2. The van der Waals surface area contributed by atoms with Crippen molar-refractivity contribution in [1.29, 1.82) is 0 Å². The summed E-state index contributed by atoms with van der Waals surface area (Å²) in [4.78, 5) is 0.0789. The molecule has 0 fully saturated rings. The van der Waals surface area contributed by atoms with Crippen LogP contribution in [0.5, 0.6) is 0 Å². The van der Waals surface area contributed by atoms with E-state index in [-0.39, 0.29) is 16.5 Å². The molecule has 1 aliphatic rings. The molecule has 1 aliphatic heterocycles. The standard InChI is InChI=1S/C15H18ClN3O4S/c16-12-4-1-2-5-15(12)24(22,23)18-6-3-7-19-11(9-18)8-13(17-19)14(21)10-20/h1-2,4-5,8,14,20-21H,3,6-7,9-10H2. The Morgan fingerprint density at radius 1 is 1.29 bits per heavy atom. The number of aromatic nitrogens is 2. The summed E-state index contributed by atoms with van der Waals surface area (Å²) >= 11 is 6.05. The summed E-state index contributed by atoms with van der Waals surface area (Å²) in [6, 6.07) is 7.98. The van der Waals surface area contributed by atoms with Crippen LogP contribution in [-0.4, -0.2) is 45.9 Å². The number of rotatable bonds is 4. The van der Waals surface area contributed by atoms with Crippen LogP contribution in [0.15, 0.2) is 35.2 Å². The highest BCUT2D eigenvalue weighted by Gasteiger charge is 2.29. The van der Waals surface area contributed by atoms with Crippen LogP contribution in [-0.2, 0) is 23.1 Å². The van der Waals surface area contributed by atoms with Crippen LogP contribution >= 0.6 is 11.6 Å². The van der Waals surface area contributed by atoms with Gasteiger partial charge in [0.15, 0.2) is 0 Å². The second kappa shape index (κ2) is 6.81. The highest BCUT2D eigenvalue weighted by Crippen LogP contribution is 2.27. The van der Waals surface area contributed by atoms with Crippen LogP contribution in [0.1, 0.15) is 23.9 Å². The maximum Gasteiger partial charge on any atom is 0.244 e. The van der Waals surface area contributed by atoms with Crippen molar-refractivity contribution in [2.24, 2.45) is 0 Å². The van der Waals surface area contributed by atoms with Gasteiger partial charge in [0, 0.05) is 13.1 Å². The van der Waals surface area contributed by atoms with Crippen molar-refractivity contribution in [3.8, 4) is 0 Å². The first-order valence-corrected chi connectivity index (χ1v) is 9.35. The number of aryl methyl sites for hydroxylation is 1. The first-order valence-electron chi connectivity index (χ1n) is 7.53. The Labute approximate surface area is 145 Å². The Bertz CT molecular complexity index is 837. The molecule has 2 N–H and O–H groups in total. The van der Waals surface area contributed by atoms with Crippen LogP contribution in [0.2, 0.25) is 5.02 Å². The number of hydrogen-bond acceptors (Lipinski definition) is 5. The zero-order chi connectivity index (χ0) is 17.3. The molecule has 130 valence electrons. The minimum atomic E-state index is -3.73. The van der Waals surface area contributed by atoms with Gasteiger partial charge >= 0.3 is 0 Å². The normalized spacial score (nSPS) is 17.3. The van der Waals surface area contributed by atoms with Crippen LogP contribution in [0.4, 0.5) is 0 Å². The minimum absolute atomic E-state index is 0.0789. The molecular formula is C15H18ClN3O4S. The molecule has 0 spiro atoms. The van der Waals surface area contributed by atoms with Crippen LogP contribution in [0.25, 0.3) is 0 Å². The van der Waals surface area contributed by atoms with Crippen molar-refractivity contribution in [2.75, 3.05) is 13.2 Å². The number of aliphatic hydroxyl groups excluding tert-OH is 2. The summed E-state index contributed by atoms with van der Waals surface area (Å²) in [5.41, 5.74) is 1.01. The predicted octanol–water partition coefficient (Wildman–Crippen LogP) is 1.16. The van der Waals surface area contributed by atoms with E-state index in [1.54, 1.807) is 28.9 Å². The fraction of sp³-hybridized carbons (Fsp3) is 0.400. The summed E-state index contributed by atoms with van der Waals surface area (Å²) in [6.07, 6.45) is -0.481. The number of sulfonamides is 1. The Balaban J connectivity index is 1.93. The zero-order valence-electron chi connectivity index (χ0n) is 12.8. The van der Waals surface area contributed by atoms with Crippen molar-refractivity contribution in [3.63, 3.8) is 0 Å². The lowest BCUT2D eigenvalue weighted by molar-refractivity contribution is 0.0916. The van der Waals surface area contributed by atoms with Gasteiger partial charge in [-0.3, -0.25) is 4.68 Å². The molecule has 0 radical (unpaired) electrons. The summed E-state index contributed by atoms with van der Waals surface area (Å²) in [5, 5.41) is 23.2. The van der Waals surface area contributed by atoms with Gasteiger partial charge in [-0.15, -0.1) is 0 Å². The number of halogens is 1. The molecule has 1 unspecified atom stereocenters. The molecule has 24 heavy (non-hydrogen) atoms. The van der Waals surface area contributed by atoms with Gasteiger partial charge in [0.1, 0.15) is 11.0 Å². The van der Waals surface area contributed by atoms with Crippen molar-refractivity contribution in [1.82, 2.24) is 14.1 Å². The molecule has 7 nitrogen and oxygen atoms in total. The van der Waals surface area contributed by atoms with Gasteiger partial charge in [-0.25, -0.2) is 8.42 Å². The zero-order valence-corrected chi connectivity index (χ0v) is 14.4. The first kappa shape index (κ1) is 17.4. The summed E-state index contributed by atoms with van der Waals surface area (Å²) in [7, 11) is -3.73. The highest BCUT2D eigenvalue weighted by molar-refractivity contribution is 7.89. The van der Waals surface area contributed by atoms with Gasteiger partial charge in [0.2, 0.25) is 10.0 Å². The number of fused-ring (bicyclic) bond motifs is 1. The van der Waals surface area contributed by atoms with E-state index in [1.807, 2.05) is 0 Å². The Morgan fingerprint density at radius 3 is 2.75 bits per heavy atom. The van der Waals surface area contributed by atoms with E-state index >= 15 is 0 Å². The van der Waals surface area contributed by atoms with Crippen LogP contribution in [0.3, 0.4) is 0 Å². The lowest BCUT2D eigenvalue weighted by Gasteiger charge is -2.20. The van der Waals surface area contributed by atoms with E-state index in [4.69, 9.17) is 16.7 Å². The van der Waals surface area contributed by atoms with Crippen LogP contribution in [0, 0.1) is 0 Å². The molecule has 2 aromatic rings. The van der Waals surface area contributed by atoms with Crippen LogP contribution < -0.4 is 0 Å². The molecule has 9 heteroatoms. The maximum atomic E-state index is 12.9. The van der Waals surface area contributed by atoms with Crippen molar-refractivity contribution in [2.45, 2.75) is 30.5 Å². The molecule has 0 amide bonds. The molecule has 0 aliphatic carbocycles. The van der Waals surface area contributed by atoms with E-state index < -0.39 is 22.7 Å². The second-order valence-electron chi connectivity index (χ2n) is 5.60. The molecule has 2 heterocycles. The van der Waals surface area contributed by atoms with E-state index in [0.717, 1.165) is 0 Å². The summed E-state index contributed by atoms with van der Waals surface area (Å²) < 4.78 is 28.8. The number of nitrogens with zero attached hydrogens (tertiary/aromatic N) is 3. The molecule has 0 saturated carbocycles. The largest absolute Gasteiger partial charge is 0.393 e. The average molecular weight is 372 g/mol. The van der Waals surface area contributed by atoms with Gasteiger partial charge in [-0.2, -0.15) is 9.40 Å².